The van der Waals surface area contributed by atoms with Gasteiger partial charge < -0.3 is 0 Å². The molecular formula is C17H17N3. The number of hydrogen-bond acceptors (Lipinski definition) is 2. The Morgan fingerprint density at radius 3 is 2.70 bits per heavy atom. The zero-order valence-corrected chi connectivity index (χ0v) is 11.5. The van der Waals surface area contributed by atoms with Crippen molar-refractivity contribution in [2.45, 2.75) is 19.8 Å². The highest BCUT2D eigenvalue weighted by molar-refractivity contribution is 5.57. The number of nitrogens with zero attached hydrogens (tertiary/aromatic N) is 3. The quantitative estimate of drug-likeness (QED) is 0.715. The summed E-state index contributed by atoms with van der Waals surface area (Å²) in [6.45, 7) is 2.19. The van der Waals surface area contributed by atoms with Crippen LogP contribution in [0.4, 0.5) is 0 Å². The van der Waals surface area contributed by atoms with Crippen LogP contribution in [0.2, 0.25) is 0 Å². The molecule has 1 aromatic carbocycles. The minimum absolute atomic E-state index is 0.951. The summed E-state index contributed by atoms with van der Waals surface area (Å²) in [5.41, 5.74) is 4.46. The Morgan fingerprint density at radius 2 is 1.90 bits per heavy atom. The molecule has 3 rings (SSSR count). The standard InChI is InChI=1S/C17H17N3/c1-2-7-14-8-3-4-10-17(14)20-13-15(12-19-20)16-9-5-6-11-18-16/h3-6,8-13H,2,7H2,1H3. The van der Waals surface area contributed by atoms with E-state index in [1.54, 1.807) is 6.20 Å². The number of aromatic nitrogens is 3. The van der Waals surface area contributed by atoms with Crippen LogP contribution in [0.1, 0.15) is 18.9 Å². The van der Waals surface area contributed by atoms with Gasteiger partial charge in [-0.3, -0.25) is 4.98 Å². The van der Waals surface area contributed by atoms with E-state index in [9.17, 15) is 0 Å². The third kappa shape index (κ3) is 2.48. The summed E-state index contributed by atoms with van der Waals surface area (Å²) in [6, 6.07) is 14.3. The van der Waals surface area contributed by atoms with Crippen LogP contribution in [0, 0.1) is 0 Å². The van der Waals surface area contributed by atoms with Crippen molar-refractivity contribution in [3.63, 3.8) is 0 Å². The van der Waals surface area contributed by atoms with Gasteiger partial charge in [-0.25, -0.2) is 4.68 Å². The Balaban J connectivity index is 1.98. The van der Waals surface area contributed by atoms with Crippen LogP contribution in [0.15, 0.2) is 61.1 Å². The molecule has 0 amide bonds. The van der Waals surface area contributed by atoms with E-state index in [-0.39, 0.29) is 0 Å². The van der Waals surface area contributed by atoms with Gasteiger partial charge in [0.2, 0.25) is 0 Å². The van der Waals surface area contributed by atoms with Gasteiger partial charge in [0, 0.05) is 18.0 Å². The van der Waals surface area contributed by atoms with Crippen molar-refractivity contribution >= 4 is 0 Å². The number of hydrogen-bond donors (Lipinski definition) is 0. The van der Waals surface area contributed by atoms with Gasteiger partial charge in [0.05, 0.1) is 17.6 Å². The Morgan fingerprint density at radius 1 is 1.05 bits per heavy atom. The van der Waals surface area contributed by atoms with Crippen LogP contribution in [0.5, 0.6) is 0 Å². The van der Waals surface area contributed by atoms with Crippen molar-refractivity contribution in [3.8, 4) is 16.9 Å². The van der Waals surface area contributed by atoms with Crippen LogP contribution in [0.3, 0.4) is 0 Å². The number of benzene rings is 1. The van der Waals surface area contributed by atoms with E-state index in [1.165, 1.54) is 5.56 Å². The first-order valence-corrected chi connectivity index (χ1v) is 6.93. The van der Waals surface area contributed by atoms with Gasteiger partial charge in [-0.15, -0.1) is 0 Å². The molecule has 2 aromatic heterocycles. The van der Waals surface area contributed by atoms with Gasteiger partial charge in [-0.2, -0.15) is 5.10 Å². The summed E-state index contributed by atoms with van der Waals surface area (Å²) in [4.78, 5) is 4.36. The summed E-state index contributed by atoms with van der Waals surface area (Å²) in [5, 5.41) is 4.48. The largest absolute Gasteiger partial charge is 0.256 e. The molecule has 3 heteroatoms. The molecule has 0 saturated heterocycles. The lowest BCUT2D eigenvalue weighted by Crippen LogP contribution is -1.99. The van der Waals surface area contributed by atoms with E-state index >= 15 is 0 Å². The fraction of sp³-hybridized carbons (Fsp3) is 0.176. The fourth-order valence-corrected chi connectivity index (χ4v) is 2.34. The Bertz CT molecular complexity index is 686. The summed E-state index contributed by atoms with van der Waals surface area (Å²) in [6.07, 6.45) is 7.90. The monoisotopic (exact) mass is 263 g/mol. The van der Waals surface area contributed by atoms with Gasteiger partial charge in [-0.05, 0) is 30.2 Å². The van der Waals surface area contributed by atoms with Gasteiger partial charge in [0.1, 0.15) is 0 Å². The number of para-hydroxylation sites is 1. The molecule has 0 aliphatic rings. The number of aryl methyl sites for hydroxylation is 1. The summed E-state index contributed by atoms with van der Waals surface area (Å²) >= 11 is 0. The van der Waals surface area contributed by atoms with Crippen molar-refractivity contribution < 1.29 is 0 Å². The van der Waals surface area contributed by atoms with E-state index in [4.69, 9.17) is 0 Å². The van der Waals surface area contributed by atoms with Crippen molar-refractivity contribution in [2.75, 3.05) is 0 Å². The Kier molecular flexibility index (Phi) is 3.59. The first-order chi connectivity index (χ1) is 9.88. The molecule has 2 heterocycles. The molecule has 0 N–H and O–H groups in total. The molecule has 0 saturated carbocycles. The summed E-state index contributed by atoms with van der Waals surface area (Å²) in [5.74, 6) is 0. The molecule has 3 nitrogen and oxygen atoms in total. The Hall–Kier alpha value is -2.42. The topological polar surface area (TPSA) is 30.7 Å². The molecule has 3 aromatic rings. The molecule has 0 radical (unpaired) electrons. The summed E-state index contributed by atoms with van der Waals surface area (Å²) < 4.78 is 1.94. The highest BCUT2D eigenvalue weighted by Gasteiger charge is 2.07. The fourth-order valence-electron chi connectivity index (χ4n) is 2.34. The van der Waals surface area contributed by atoms with Gasteiger partial charge in [0.25, 0.3) is 0 Å². The molecule has 0 fully saturated rings. The molecule has 0 spiro atoms. The second-order valence-electron chi connectivity index (χ2n) is 4.77. The molecular weight excluding hydrogens is 246 g/mol. The second-order valence-corrected chi connectivity index (χ2v) is 4.77. The lowest BCUT2D eigenvalue weighted by atomic mass is 10.1. The average Bonchev–Trinajstić information content (AvgIpc) is 2.99. The highest BCUT2D eigenvalue weighted by Crippen LogP contribution is 2.20. The lowest BCUT2D eigenvalue weighted by Gasteiger charge is -2.08. The molecule has 100 valence electrons. The zero-order chi connectivity index (χ0) is 13.8. The first-order valence-electron chi connectivity index (χ1n) is 6.93. The Labute approximate surface area is 118 Å². The maximum atomic E-state index is 4.48. The van der Waals surface area contributed by atoms with Crippen LogP contribution >= 0.6 is 0 Å². The number of rotatable bonds is 4. The second kappa shape index (κ2) is 5.70. The summed E-state index contributed by atoms with van der Waals surface area (Å²) in [7, 11) is 0. The minimum atomic E-state index is 0.951. The van der Waals surface area contributed by atoms with Gasteiger partial charge in [-0.1, -0.05) is 37.6 Å². The van der Waals surface area contributed by atoms with E-state index < -0.39 is 0 Å². The van der Waals surface area contributed by atoms with Crippen molar-refractivity contribution in [2.24, 2.45) is 0 Å². The van der Waals surface area contributed by atoms with E-state index in [0.717, 1.165) is 29.8 Å². The lowest BCUT2D eigenvalue weighted by molar-refractivity contribution is 0.839. The molecule has 0 bridgehead atoms. The van der Waals surface area contributed by atoms with Crippen molar-refractivity contribution in [1.29, 1.82) is 0 Å². The molecule has 0 aliphatic heterocycles. The van der Waals surface area contributed by atoms with E-state index in [1.807, 2.05) is 35.3 Å². The van der Waals surface area contributed by atoms with Crippen LogP contribution in [-0.2, 0) is 6.42 Å². The SMILES string of the molecule is CCCc1ccccc1-n1cc(-c2ccccn2)cn1. The zero-order valence-electron chi connectivity index (χ0n) is 11.5. The van der Waals surface area contributed by atoms with Crippen molar-refractivity contribution in [1.82, 2.24) is 14.8 Å². The normalized spacial score (nSPS) is 10.7. The van der Waals surface area contributed by atoms with E-state index in [2.05, 4.69) is 41.3 Å². The smallest absolute Gasteiger partial charge is 0.0733 e. The van der Waals surface area contributed by atoms with Crippen LogP contribution in [-0.4, -0.2) is 14.8 Å². The first kappa shape index (κ1) is 12.6. The molecule has 0 aliphatic carbocycles. The average molecular weight is 263 g/mol. The van der Waals surface area contributed by atoms with Crippen LogP contribution < -0.4 is 0 Å². The minimum Gasteiger partial charge on any atom is -0.256 e. The molecule has 0 unspecified atom stereocenters. The maximum absolute atomic E-state index is 4.48. The van der Waals surface area contributed by atoms with Crippen molar-refractivity contribution in [3.05, 3.63) is 66.6 Å². The predicted molar refractivity (Wildman–Crippen MR) is 80.8 cm³/mol. The third-order valence-electron chi connectivity index (χ3n) is 3.30. The highest BCUT2D eigenvalue weighted by atomic mass is 15.3. The van der Waals surface area contributed by atoms with Gasteiger partial charge >= 0.3 is 0 Å². The number of pyridine rings is 1. The molecule has 20 heavy (non-hydrogen) atoms. The predicted octanol–water partition coefficient (Wildman–Crippen LogP) is 3.89. The third-order valence-corrected chi connectivity index (χ3v) is 3.30. The van der Waals surface area contributed by atoms with E-state index in [0.29, 0.717) is 0 Å². The van der Waals surface area contributed by atoms with Crippen LogP contribution in [0.25, 0.3) is 16.9 Å². The van der Waals surface area contributed by atoms with Gasteiger partial charge in [0.15, 0.2) is 0 Å². The molecule has 0 atom stereocenters. The maximum Gasteiger partial charge on any atom is 0.0733 e.